The van der Waals surface area contributed by atoms with Crippen molar-refractivity contribution < 1.29 is 22.6 Å². The van der Waals surface area contributed by atoms with Crippen molar-refractivity contribution in [2.24, 2.45) is 5.73 Å². The molecule has 4 aliphatic rings. The highest BCUT2D eigenvalue weighted by Crippen LogP contribution is 2.53. The number of hydrogen-bond acceptors (Lipinski definition) is 9. The fraction of sp³-hybridized carbons (Fsp3) is 0.469. The summed E-state index contributed by atoms with van der Waals surface area (Å²) >= 11 is 7.93. The highest BCUT2D eigenvalue weighted by molar-refractivity contribution is 7.23. The van der Waals surface area contributed by atoms with Crippen LogP contribution in [0.15, 0.2) is 12.1 Å². The monoisotopic (exact) mass is 669 g/mol. The van der Waals surface area contributed by atoms with E-state index < -0.39 is 23.3 Å². The molecule has 240 valence electrons. The highest BCUT2D eigenvalue weighted by Gasteiger charge is 2.49. The van der Waals surface area contributed by atoms with Gasteiger partial charge in [-0.25, -0.2) is 18.0 Å². The Morgan fingerprint density at radius 2 is 2.07 bits per heavy atom. The molecule has 0 bridgehead atoms. The number of ether oxygens (including phenoxy) is 2. The third-order valence-corrected chi connectivity index (χ3v) is 11.5. The van der Waals surface area contributed by atoms with Gasteiger partial charge in [-0.05, 0) is 50.3 Å². The Hall–Kier alpha value is -3.57. The molecule has 0 radical (unpaired) electrons. The number of anilines is 2. The molecule has 8 rings (SSSR count). The number of benzene rings is 2. The lowest BCUT2D eigenvalue weighted by atomic mass is 9.95. The quantitative estimate of drug-likeness (QED) is 0.229. The smallest absolute Gasteiger partial charge is 0.319 e. The van der Waals surface area contributed by atoms with Crippen LogP contribution in [0.1, 0.15) is 38.5 Å². The van der Waals surface area contributed by atoms with Gasteiger partial charge in [0, 0.05) is 36.0 Å². The van der Waals surface area contributed by atoms with Crippen molar-refractivity contribution in [1.82, 2.24) is 14.9 Å². The first-order valence-electron chi connectivity index (χ1n) is 15.5. The van der Waals surface area contributed by atoms with Crippen LogP contribution in [0, 0.1) is 18.2 Å². The van der Waals surface area contributed by atoms with Crippen molar-refractivity contribution in [3.05, 3.63) is 40.2 Å². The molecule has 0 amide bonds. The maximum Gasteiger partial charge on any atom is 0.319 e. The fourth-order valence-corrected chi connectivity index (χ4v) is 9.27. The van der Waals surface area contributed by atoms with Crippen molar-refractivity contribution in [2.75, 3.05) is 43.5 Å². The average Bonchev–Trinajstić information content (AvgIpc) is 3.76. The molecular weight excluding hydrogens is 639 g/mol. The topological polar surface area (TPSA) is 107 Å². The summed E-state index contributed by atoms with van der Waals surface area (Å²) in [6.45, 7) is 9.72. The van der Waals surface area contributed by atoms with Gasteiger partial charge < -0.3 is 25.8 Å². The van der Waals surface area contributed by atoms with Crippen molar-refractivity contribution >= 4 is 60.4 Å². The first-order valence-corrected chi connectivity index (χ1v) is 16.7. The number of nitrogens with zero attached hydrogens (tertiary/aromatic N) is 5. The van der Waals surface area contributed by atoms with E-state index in [-0.39, 0.29) is 79.5 Å². The molecule has 2 aromatic carbocycles. The second-order valence-electron chi connectivity index (χ2n) is 12.7. The number of nitrogen functional groups attached to an aromatic ring is 1. The number of fused-ring (bicyclic) bond motifs is 2. The van der Waals surface area contributed by atoms with Gasteiger partial charge in [-0.3, -0.25) is 4.90 Å². The molecule has 3 fully saturated rings. The van der Waals surface area contributed by atoms with E-state index in [0.29, 0.717) is 30.7 Å². The minimum Gasteiger partial charge on any atom is -0.489 e. The molecule has 4 aromatic rings. The number of hydrogen-bond donors (Lipinski definition) is 2. The largest absolute Gasteiger partial charge is 0.489 e. The van der Waals surface area contributed by atoms with Gasteiger partial charge in [0.25, 0.3) is 0 Å². The molecule has 46 heavy (non-hydrogen) atoms. The van der Waals surface area contributed by atoms with Crippen LogP contribution in [0.25, 0.3) is 37.0 Å². The Morgan fingerprint density at radius 3 is 2.85 bits per heavy atom. The summed E-state index contributed by atoms with van der Waals surface area (Å²) in [4.78, 5) is 17.2. The lowest BCUT2D eigenvalue weighted by molar-refractivity contribution is 0.107. The third-order valence-electron chi connectivity index (χ3n) is 10.1. The number of aromatic nitrogens is 2. The number of alkyl halides is 1. The summed E-state index contributed by atoms with van der Waals surface area (Å²) in [6, 6.07) is 2.63. The maximum absolute atomic E-state index is 17.1. The van der Waals surface area contributed by atoms with Crippen LogP contribution in [0.3, 0.4) is 0 Å². The van der Waals surface area contributed by atoms with Gasteiger partial charge in [0.2, 0.25) is 5.69 Å². The van der Waals surface area contributed by atoms with Crippen LogP contribution in [-0.4, -0.2) is 71.5 Å². The van der Waals surface area contributed by atoms with Crippen LogP contribution in [0.4, 0.5) is 29.7 Å². The summed E-state index contributed by atoms with van der Waals surface area (Å²) in [5, 5.41) is 0.558. The van der Waals surface area contributed by atoms with E-state index in [1.165, 1.54) is 12.1 Å². The molecule has 9 nitrogen and oxygen atoms in total. The minimum absolute atomic E-state index is 0.0242. The zero-order valence-electron chi connectivity index (χ0n) is 24.8. The van der Waals surface area contributed by atoms with E-state index in [9.17, 15) is 8.78 Å². The molecule has 3 aliphatic heterocycles. The summed E-state index contributed by atoms with van der Waals surface area (Å²) in [7, 11) is 0. The molecule has 2 aromatic heterocycles. The Kier molecular flexibility index (Phi) is 7.13. The summed E-state index contributed by atoms with van der Waals surface area (Å²) in [6.07, 6.45) is 3.56. The highest BCUT2D eigenvalue weighted by atomic mass is 35.5. The predicted octanol–water partition coefficient (Wildman–Crippen LogP) is 6.61. The van der Waals surface area contributed by atoms with Crippen LogP contribution in [0.5, 0.6) is 11.8 Å². The number of halogens is 4. The first-order chi connectivity index (χ1) is 22.2. The van der Waals surface area contributed by atoms with E-state index in [2.05, 4.69) is 19.6 Å². The molecule has 1 saturated carbocycles. The number of nitrogens with two attached hydrogens (primary N) is 2. The van der Waals surface area contributed by atoms with Gasteiger partial charge in [-0.15, -0.1) is 11.3 Å². The van der Waals surface area contributed by atoms with E-state index in [4.69, 9.17) is 44.1 Å². The van der Waals surface area contributed by atoms with Crippen molar-refractivity contribution in [3.63, 3.8) is 0 Å². The fourth-order valence-electron chi connectivity index (χ4n) is 8.00. The number of thiophene rings is 1. The van der Waals surface area contributed by atoms with Gasteiger partial charge in [-0.2, -0.15) is 9.97 Å². The van der Waals surface area contributed by atoms with Crippen molar-refractivity contribution in [2.45, 2.75) is 62.3 Å². The lowest BCUT2D eigenvalue weighted by Crippen LogP contribution is -2.43. The lowest BCUT2D eigenvalue weighted by Gasteiger charge is -2.31. The molecule has 0 spiro atoms. The Morgan fingerprint density at radius 1 is 1.22 bits per heavy atom. The third kappa shape index (κ3) is 4.48. The molecule has 2 unspecified atom stereocenters. The predicted molar refractivity (Wildman–Crippen MR) is 173 cm³/mol. The van der Waals surface area contributed by atoms with E-state index in [0.717, 1.165) is 50.0 Å². The van der Waals surface area contributed by atoms with E-state index in [1.807, 2.05) is 0 Å². The zero-order valence-corrected chi connectivity index (χ0v) is 26.4. The Labute approximate surface area is 272 Å². The SMILES string of the molecule is [C-]#[N+]c1c(N)sc2c(F)ccc(-c3c(Cl)c4c5c(nc(OC[C@@]67CCCN6C[C@H](F)C7)nc5c3F)N(C3CCC(N)C3)CCO4)c12. The summed E-state index contributed by atoms with van der Waals surface area (Å²) < 4.78 is 59.2. The van der Waals surface area contributed by atoms with Crippen LogP contribution < -0.4 is 25.8 Å². The van der Waals surface area contributed by atoms with Crippen molar-refractivity contribution in [1.29, 1.82) is 0 Å². The van der Waals surface area contributed by atoms with Crippen molar-refractivity contribution in [3.8, 4) is 22.9 Å². The second kappa shape index (κ2) is 11.0. The van der Waals surface area contributed by atoms with Gasteiger partial charge in [-0.1, -0.05) is 17.7 Å². The van der Waals surface area contributed by atoms with Gasteiger partial charge in [0.15, 0.2) is 11.6 Å². The van der Waals surface area contributed by atoms with Crippen LogP contribution >= 0.6 is 22.9 Å². The molecule has 5 heterocycles. The Balaban J connectivity index is 1.34. The Bertz CT molecular complexity index is 1950. The average molecular weight is 670 g/mol. The summed E-state index contributed by atoms with van der Waals surface area (Å²) in [5.41, 5.74) is 12.0. The molecule has 1 aliphatic carbocycles. The van der Waals surface area contributed by atoms with Gasteiger partial charge in [0.1, 0.15) is 36.5 Å². The summed E-state index contributed by atoms with van der Waals surface area (Å²) in [5.74, 6) is -0.739. The maximum atomic E-state index is 17.1. The standard InChI is InChI=1S/C32H31ClF3N7O2S/c1-39-26-21-18(5-6-19(35)28(21)46-29(26)38)20-23(33)27-22-25(24(20)36)40-31(45-14-32-7-2-8-42(32)13-15(34)12-32)41-30(22)43(9-10-44-27)17-4-3-16(37)11-17/h5-6,15-17H,2-4,7-14,37-38H2/t15-,16?,17?,32+/m1/s1. The minimum atomic E-state index is -0.936. The molecular formula is C32H31ClF3N7O2S. The molecule has 14 heteroatoms. The van der Waals surface area contributed by atoms with E-state index in [1.54, 1.807) is 0 Å². The van der Waals surface area contributed by atoms with Crippen LogP contribution in [-0.2, 0) is 0 Å². The number of rotatable bonds is 5. The normalized spacial score (nSPS) is 26.0. The van der Waals surface area contributed by atoms with Gasteiger partial charge in [0.05, 0.1) is 38.8 Å². The molecule has 2 saturated heterocycles. The molecule has 4 N–H and O–H groups in total. The van der Waals surface area contributed by atoms with E-state index >= 15 is 4.39 Å². The van der Waals surface area contributed by atoms with Crippen LogP contribution in [0.2, 0.25) is 5.02 Å². The van der Waals surface area contributed by atoms with Gasteiger partial charge >= 0.3 is 6.01 Å². The zero-order chi connectivity index (χ0) is 31.9. The first kappa shape index (κ1) is 29.8. The molecule has 4 atom stereocenters. The second-order valence-corrected chi connectivity index (χ2v) is 14.2.